The Balaban J connectivity index is 2.31. The van der Waals surface area contributed by atoms with Crippen LogP contribution in [0.15, 0.2) is 24.5 Å². The summed E-state index contributed by atoms with van der Waals surface area (Å²) in [5, 5.41) is 0. The van der Waals surface area contributed by atoms with E-state index >= 15 is 0 Å². The number of nitrogen functional groups attached to an aromatic ring is 1. The van der Waals surface area contributed by atoms with Crippen molar-refractivity contribution in [2.75, 3.05) is 12.3 Å². The third kappa shape index (κ3) is 3.05. The Kier molecular flexibility index (Phi) is 4.39. The molecule has 0 aliphatic heterocycles. The summed E-state index contributed by atoms with van der Waals surface area (Å²) in [5.74, 6) is 2.29. The highest BCUT2D eigenvalue weighted by molar-refractivity contribution is 5.50. The number of nitrogens with two attached hydrogens (primary N) is 1. The van der Waals surface area contributed by atoms with E-state index in [1.54, 1.807) is 6.20 Å². The second kappa shape index (κ2) is 6.22. The maximum Gasteiger partial charge on any atom is 0.239 e. The maximum atomic E-state index is 5.87. The lowest BCUT2D eigenvalue weighted by molar-refractivity contribution is 0.307. The minimum atomic E-state index is 0.496. The molecule has 2 aromatic rings. The Hall–Kier alpha value is -2.04. The van der Waals surface area contributed by atoms with Crippen LogP contribution < -0.4 is 10.5 Å². The summed E-state index contributed by atoms with van der Waals surface area (Å²) in [6.07, 6.45) is 6.59. The van der Waals surface area contributed by atoms with Crippen LogP contribution in [-0.2, 0) is 6.42 Å². The van der Waals surface area contributed by atoms with Crippen LogP contribution in [0.1, 0.15) is 32.5 Å². The predicted molar refractivity (Wildman–Crippen MR) is 75.6 cm³/mol. The van der Waals surface area contributed by atoms with Crippen molar-refractivity contribution in [3.63, 3.8) is 0 Å². The summed E-state index contributed by atoms with van der Waals surface area (Å²) in [4.78, 5) is 8.82. The van der Waals surface area contributed by atoms with Crippen LogP contribution in [0.4, 0.5) is 5.69 Å². The van der Waals surface area contributed by atoms with Crippen molar-refractivity contribution >= 4 is 5.69 Å². The van der Waals surface area contributed by atoms with Crippen LogP contribution >= 0.6 is 0 Å². The number of nitrogens with zero attached hydrogens (tertiary/aromatic N) is 3. The fourth-order valence-corrected chi connectivity index (χ4v) is 1.84. The van der Waals surface area contributed by atoms with Gasteiger partial charge in [0.05, 0.1) is 12.3 Å². The van der Waals surface area contributed by atoms with Gasteiger partial charge in [0.25, 0.3) is 0 Å². The zero-order valence-corrected chi connectivity index (χ0v) is 11.5. The van der Waals surface area contributed by atoms with Gasteiger partial charge in [0.2, 0.25) is 5.88 Å². The van der Waals surface area contributed by atoms with Crippen molar-refractivity contribution in [3.8, 4) is 11.7 Å². The Bertz CT molecular complexity index is 536. The molecule has 0 saturated carbocycles. The molecule has 0 aromatic carbocycles. The summed E-state index contributed by atoms with van der Waals surface area (Å²) >= 11 is 0. The van der Waals surface area contributed by atoms with E-state index < -0.39 is 0 Å². The van der Waals surface area contributed by atoms with E-state index in [-0.39, 0.29) is 0 Å². The number of aryl methyl sites for hydroxylation is 1. The third-order valence-electron chi connectivity index (χ3n) is 2.76. The van der Waals surface area contributed by atoms with Gasteiger partial charge >= 0.3 is 0 Å². The van der Waals surface area contributed by atoms with E-state index in [4.69, 9.17) is 10.5 Å². The first kappa shape index (κ1) is 13.4. The van der Waals surface area contributed by atoms with Crippen LogP contribution in [0, 0.1) is 0 Å². The molecule has 5 nitrogen and oxygen atoms in total. The van der Waals surface area contributed by atoms with Gasteiger partial charge in [-0.3, -0.25) is 4.57 Å². The lowest BCUT2D eigenvalue weighted by Crippen LogP contribution is -2.06. The van der Waals surface area contributed by atoms with Gasteiger partial charge < -0.3 is 10.5 Å². The quantitative estimate of drug-likeness (QED) is 0.867. The fraction of sp³-hybridized carbons (Fsp3) is 0.429. The standard InChI is InChI=1S/C14H20N4O/c1-3-5-12-16-8-9-18(12)13-7-6-11(15)14(17-13)19-10-4-2/h6-9H,3-5,10,15H2,1-2H3. The average molecular weight is 260 g/mol. The molecule has 2 aromatic heterocycles. The molecule has 102 valence electrons. The molecule has 0 aliphatic carbocycles. The zero-order valence-electron chi connectivity index (χ0n) is 11.5. The van der Waals surface area contributed by atoms with Crippen molar-refractivity contribution in [1.82, 2.24) is 14.5 Å². The molecule has 2 rings (SSSR count). The fourth-order valence-electron chi connectivity index (χ4n) is 1.84. The minimum absolute atomic E-state index is 0.496. The maximum absolute atomic E-state index is 5.87. The monoisotopic (exact) mass is 260 g/mol. The Morgan fingerprint density at radius 3 is 2.84 bits per heavy atom. The van der Waals surface area contributed by atoms with Crippen molar-refractivity contribution < 1.29 is 4.74 Å². The molecule has 2 heterocycles. The molecule has 0 aliphatic rings. The number of imidazole rings is 1. The van der Waals surface area contributed by atoms with Crippen molar-refractivity contribution in [1.29, 1.82) is 0 Å². The number of rotatable bonds is 6. The number of hydrogen-bond acceptors (Lipinski definition) is 4. The molecule has 0 atom stereocenters. The summed E-state index contributed by atoms with van der Waals surface area (Å²) in [6.45, 7) is 4.80. The smallest absolute Gasteiger partial charge is 0.239 e. The van der Waals surface area contributed by atoms with E-state index in [0.29, 0.717) is 18.2 Å². The van der Waals surface area contributed by atoms with Crippen LogP contribution in [0.25, 0.3) is 5.82 Å². The van der Waals surface area contributed by atoms with Gasteiger partial charge in [-0.25, -0.2) is 4.98 Å². The van der Waals surface area contributed by atoms with E-state index in [2.05, 4.69) is 23.8 Å². The van der Waals surface area contributed by atoms with Crippen LogP contribution in [0.5, 0.6) is 5.88 Å². The molecule has 5 heteroatoms. The first-order valence-electron chi connectivity index (χ1n) is 6.68. The second-order valence-corrected chi connectivity index (χ2v) is 4.38. The molecule has 0 fully saturated rings. The zero-order chi connectivity index (χ0) is 13.7. The number of anilines is 1. The van der Waals surface area contributed by atoms with Crippen LogP contribution in [0.2, 0.25) is 0 Å². The number of ether oxygens (including phenoxy) is 1. The lowest BCUT2D eigenvalue weighted by Gasteiger charge is -2.11. The average Bonchev–Trinajstić information content (AvgIpc) is 2.87. The van der Waals surface area contributed by atoms with E-state index in [1.807, 2.05) is 22.9 Å². The van der Waals surface area contributed by atoms with Gasteiger partial charge in [-0.05, 0) is 25.0 Å². The molecule has 0 saturated heterocycles. The highest BCUT2D eigenvalue weighted by atomic mass is 16.5. The second-order valence-electron chi connectivity index (χ2n) is 4.38. The Morgan fingerprint density at radius 1 is 1.26 bits per heavy atom. The van der Waals surface area contributed by atoms with Gasteiger partial charge in [-0.15, -0.1) is 0 Å². The topological polar surface area (TPSA) is 66.0 Å². The largest absolute Gasteiger partial charge is 0.476 e. The van der Waals surface area contributed by atoms with E-state index in [0.717, 1.165) is 30.9 Å². The molecule has 0 spiro atoms. The highest BCUT2D eigenvalue weighted by Crippen LogP contribution is 2.21. The van der Waals surface area contributed by atoms with Crippen LogP contribution in [-0.4, -0.2) is 21.1 Å². The van der Waals surface area contributed by atoms with Gasteiger partial charge in [0.15, 0.2) is 0 Å². The summed E-state index contributed by atoms with van der Waals surface area (Å²) in [7, 11) is 0. The molecular formula is C14H20N4O. The van der Waals surface area contributed by atoms with Crippen molar-refractivity contribution in [2.24, 2.45) is 0 Å². The first-order valence-corrected chi connectivity index (χ1v) is 6.68. The first-order chi connectivity index (χ1) is 9.26. The number of hydrogen-bond donors (Lipinski definition) is 1. The van der Waals surface area contributed by atoms with E-state index in [1.165, 1.54) is 0 Å². The predicted octanol–water partition coefficient (Wildman–Crippen LogP) is 2.59. The van der Waals surface area contributed by atoms with Crippen molar-refractivity contribution in [3.05, 3.63) is 30.4 Å². The minimum Gasteiger partial charge on any atom is -0.476 e. The Labute approximate surface area is 113 Å². The SMILES string of the molecule is CCCOc1nc(-n2ccnc2CCC)ccc1N. The summed E-state index contributed by atoms with van der Waals surface area (Å²) in [5.41, 5.74) is 6.43. The molecule has 0 bridgehead atoms. The molecule has 0 radical (unpaired) electrons. The van der Waals surface area contributed by atoms with Gasteiger partial charge in [0.1, 0.15) is 11.6 Å². The number of aromatic nitrogens is 3. The lowest BCUT2D eigenvalue weighted by atomic mass is 10.3. The normalized spacial score (nSPS) is 10.6. The third-order valence-corrected chi connectivity index (χ3v) is 2.76. The van der Waals surface area contributed by atoms with E-state index in [9.17, 15) is 0 Å². The van der Waals surface area contributed by atoms with Crippen LogP contribution in [0.3, 0.4) is 0 Å². The van der Waals surface area contributed by atoms with Crippen molar-refractivity contribution in [2.45, 2.75) is 33.1 Å². The van der Waals surface area contributed by atoms with Gasteiger partial charge in [-0.1, -0.05) is 13.8 Å². The molecule has 2 N–H and O–H groups in total. The molecule has 0 unspecified atom stereocenters. The van der Waals surface area contributed by atoms with Gasteiger partial charge in [-0.2, -0.15) is 4.98 Å². The van der Waals surface area contributed by atoms with Gasteiger partial charge in [0, 0.05) is 18.8 Å². The Morgan fingerprint density at radius 2 is 2.11 bits per heavy atom. The molecular weight excluding hydrogens is 240 g/mol. The molecule has 0 amide bonds. The summed E-state index contributed by atoms with van der Waals surface area (Å²) < 4.78 is 7.53. The summed E-state index contributed by atoms with van der Waals surface area (Å²) in [6, 6.07) is 3.71. The highest BCUT2D eigenvalue weighted by Gasteiger charge is 2.09. The number of pyridine rings is 1. The molecule has 19 heavy (non-hydrogen) atoms.